The minimum absolute atomic E-state index is 0.399. The molecule has 1 heterocycles. The number of rotatable bonds is 2. The quantitative estimate of drug-likeness (QED) is 0.493. The molecule has 6 heteroatoms. The van der Waals surface area contributed by atoms with Crippen molar-refractivity contribution in [2.75, 3.05) is 0 Å². The van der Waals surface area contributed by atoms with Crippen molar-refractivity contribution in [3.8, 4) is 0 Å². The molecule has 108 valence electrons. The zero-order chi connectivity index (χ0) is 15.1. The third kappa shape index (κ3) is 3.01. The lowest BCUT2D eigenvalue weighted by molar-refractivity contribution is 0.192. The van der Waals surface area contributed by atoms with Gasteiger partial charge in [0.1, 0.15) is 17.4 Å². The zero-order valence-corrected chi connectivity index (χ0v) is 15.1. The second-order valence-electron chi connectivity index (χ2n) is 4.52. The number of hydrogen-bond acceptors (Lipinski definition) is 2. The van der Waals surface area contributed by atoms with E-state index in [1.807, 2.05) is 12.1 Å². The predicted octanol–water partition coefficient (Wildman–Crippen LogP) is 6.35. The van der Waals surface area contributed by atoms with E-state index in [-0.39, 0.29) is 0 Å². The summed E-state index contributed by atoms with van der Waals surface area (Å²) in [6.45, 7) is 0. The molecule has 0 aliphatic carbocycles. The van der Waals surface area contributed by atoms with Gasteiger partial charge in [-0.25, -0.2) is 0 Å². The first-order valence-electron chi connectivity index (χ1n) is 5.97. The van der Waals surface area contributed by atoms with Gasteiger partial charge < -0.3 is 9.52 Å². The van der Waals surface area contributed by atoms with Crippen molar-refractivity contribution in [2.24, 2.45) is 0 Å². The van der Waals surface area contributed by atoms with Crippen LogP contribution in [0.1, 0.15) is 17.4 Å². The Kier molecular flexibility index (Phi) is 4.35. The van der Waals surface area contributed by atoms with Gasteiger partial charge in [-0.2, -0.15) is 0 Å². The number of halogens is 4. The van der Waals surface area contributed by atoms with Crippen molar-refractivity contribution in [1.29, 1.82) is 0 Å². The minimum Gasteiger partial charge on any atom is -0.457 e. The van der Waals surface area contributed by atoms with E-state index in [1.54, 1.807) is 24.3 Å². The van der Waals surface area contributed by atoms with Crippen molar-refractivity contribution in [1.82, 2.24) is 0 Å². The molecule has 0 saturated heterocycles. The Morgan fingerprint density at radius 2 is 1.81 bits per heavy atom. The standard InChI is InChI=1S/C15H8Br2Cl2O2/c16-8-3-7-4-13(21-15(7)11(17)5-8)14(20)10-2-1-9(18)6-12(10)19/h1-6,14,20H/t14-/m0/s1. The molecule has 0 aliphatic rings. The summed E-state index contributed by atoms with van der Waals surface area (Å²) in [4.78, 5) is 0. The van der Waals surface area contributed by atoms with Crippen molar-refractivity contribution in [2.45, 2.75) is 6.10 Å². The van der Waals surface area contributed by atoms with Crippen LogP contribution >= 0.6 is 55.1 Å². The topological polar surface area (TPSA) is 33.4 Å². The number of furan rings is 1. The molecule has 0 aliphatic heterocycles. The molecule has 0 fully saturated rings. The van der Waals surface area contributed by atoms with E-state index in [1.165, 1.54) is 0 Å². The predicted molar refractivity (Wildman–Crippen MR) is 92.1 cm³/mol. The molecule has 0 unspecified atom stereocenters. The van der Waals surface area contributed by atoms with Crippen molar-refractivity contribution < 1.29 is 9.52 Å². The smallest absolute Gasteiger partial charge is 0.148 e. The molecule has 21 heavy (non-hydrogen) atoms. The van der Waals surface area contributed by atoms with Crippen LogP contribution < -0.4 is 0 Å². The fourth-order valence-electron chi connectivity index (χ4n) is 2.11. The van der Waals surface area contributed by atoms with Gasteiger partial charge in [0.05, 0.1) is 4.47 Å². The Morgan fingerprint density at radius 3 is 2.52 bits per heavy atom. The molecule has 0 spiro atoms. The van der Waals surface area contributed by atoms with E-state index in [0.717, 1.165) is 14.3 Å². The van der Waals surface area contributed by atoms with Gasteiger partial charge in [-0.3, -0.25) is 0 Å². The van der Waals surface area contributed by atoms with Crippen LogP contribution in [0.5, 0.6) is 0 Å². The van der Waals surface area contributed by atoms with Crippen LogP contribution in [0, 0.1) is 0 Å². The van der Waals surface area contributed by atoms with Crippen LogP contribution in [0.15, 0.2) is 49.8 Å². The molecular weight excluding hydrogens is 443 g/mol. The molecule has 1 aromatic heterocycles. The van der Waals surface area contributed by atoms with Gasteiger partial charge >= 0.3 is 0 Å². The van der Waals surface area contributed by atoms with Gasteiger partial charge in [0, 0.05) is 25.5 Å². The van der Waals surface area contributed by atoms with Gasteiger partial charge in [0.15, 0.2) is 0 Å². The lowest BCUT2D eigenvalue weighted by atomic mass is 10.1. The van der Waals surface area contributed by atoms with Gasteiger partial charge in [-0.15, -0.1) is 0 Å². The molecule has 3 aromatic rings. The van der Waals surface area contributed by atoms with E-state index in [9.17, 15) is 5.11 Å². The van der Waals surface area contributed by atoms with E-state index >= 15 is 0 Å². The summed E-state index contributed by atoms with van der Waals surface area (Å²) in [5.41, 5.74) is 1.23. The first kappa shape index (κ1) is 15.4. The Morgan fingerprint density at radius 1 is 1.05 bits per heavy atom. The molecule has 0 amide bonds. The summed E-state index contributed by atoms with van der Waals surface area (Å²) in [6, 6.07) is 10.6. The molecule has 1 N–H and O–H groups in total. The van der Waals surface area contributed by atoms with E-state index < -0.39 is 6.10 Å². The number of benzene rings is 2. The van der Waals surface area contributed by atoms with E-state index in [0.29, 0.717) is 27.0 Å². The largest absolute Gasteiger partial charge is 0.457 e. The van der Waals surface area contributed by atoms with Gasteiger partial charge in [-0.05, 0) is 46.3 Å². The third-order valence-electron chi connectivity index (χ3n) is 3.08. The van der Waals surface area contributed by atoms with Crippen molar-refractivity contribution >= 4 is 66.0 Å². The molecule has 0 bridgehead atoms. The highest BCUT2D eigenvalue weighted by Crippen LogP contribution is 2.36. The number of fused-ring (bicyclic) bond motifs is 1. The zero-order valence-electron chi connectivity index (χ0n) is 10.4. The lowest BCUT2D eigenvalue weighted by Gasteiger charge is -2.10. The summed E-state index contributed by atoms with van der Waals surface area (Å²) in [6.07, 6.45) is -0.951. The van der Waals surface area contributed by atoms with Crippen molar-refractivity contribution in [3.05, 3.63) is 66.7 Å². The summed E-state index contributed by atoms with van der Waals surface area (Å²) in [5, 5.41) is 12.3. The average Bonchev–Trinajstić information content (AvgIpc) is 2.82. The highest BCUT2D eigenvalue weighted by molar-refractivity contribution is 9.11. The van der Waals surface area contributed by atoms with Crippen LogP contribution in [0.4, 0.5) is 0 Å². The minimum atomic E-state index is -0.951. The molecule has 1 atom stereocenters. The first-order valence-corrected chi connectivity index (χ1v) is 8.31. The highest BCUT2D eigenvalue weighted by atomic mass is 79.9. The summed E-state index contributed by atoms with van der Waals surface area (Å²) >= 11 is 18.9. The van der Waals surface area contributed by atoms with Crippen molar-refractivity contribution in [3.63, 3.8) is 0 Å². The molecule has 2 nitrogen and oxygen atoms in total. The number of aliphatic hydroxyl groups excluding tert-OH is 1. The molecular formula is C15H8Br2Cl2O2. The number of hydrogen-bond donors (Lipinski definition) is 1. The van der Waals surface area contributed by atoms with Gasteiger partial charge in [0.2, 0.25) is 0 Å². The summed E-state index contributed by atoms with van der Waals surface area (Å²) < 4.78 is 7.48. The van der Waals surface area contributed by atoms with Gasteiger partial charge in [0.25, 0.3) is 0 Å². The maximum atomic E-state index is 10.5. The fourth-order valence-corrected chi connectivity index (χ4v) is 3.96. The first-order chi connectivity index (χ1) is 9.95. The maximum Gasteiger partial charge on any atom is 0.148 e. The second-order valence-corrected chi connectivity index (χ2v) is 7.14. The van der Waals surface area contributed by atoms with E-state index in [2.05, 4.69) is 31.9 Å². The van der Waals surface area contributed by atoms with E-state index in [4.69, 9.17) is 27.6 Å². The summed E-state index contributed by atoms with van der Waals surface area (Å²) in [5.74, 6) is 0.424. The monoisotopic (exact) mass is 448 g/mol. The summed E-state index contributed by atoms with van der Waals surface area (Å²) in [7, 11) is 0. The lowest BCUT2D eigenvalue weighted by Crippen LogP contribution is -1.98. The SMILES string of the molecule is O[C@H](c1cc2cc(Br)cc(Br)c2o1)c1ccc(Cl)cc1Cl. The Bertz CT molecular complexity index is 830. The van der Waals surface area contributed by atoms with Gasteiger partial charge in [-0.1, -0.05) is 45.2 Å². The average molecular weight is 451 g/mol. The second kappa shape index (κ2) is 5.94. The Hall–Kier alpha value is -0.520. The van der Waals surface area contributed by atoms with Crippen LogP contribution in [-0.2, 0) is 0 Å². The fraction of sp³-hybridized carbons (Fsp3) is 0.0667. The van der Waals surface area contributed by atoms with Crippen LogP contribution in [0.3, 0.4) is 0 Å². The van der Waals surface area contributed by atoms with Crippen LogP contribution in [0.2, 0.25) is 10.0 Å². The van der Waals surface area contributed by atoms with Crippen LogP contribution in [0.25, 0.3) is 11.0 Å². The Balaban J connectivity index is 2.09. The molecule has 3 rings (SSSR count). The third-order valence-corrected chi connectivity index (χ3v) is 4.69. The molecule has 0 radical (unpaired) electrons. The Labute approximate surface area is 147 Å². The number of aliphatic hydroxyl groups is 1. The molecule has 0 saturated carbocycles. The maximum absolute atomic E-state index is 10.5. The molecule has 2 aromatic carbocycles. The normalized spacial score (nSPS) is 12.8. The van der Waals surface area contributed by atoms with Crippen LogP contribution in [-0.4, -0.2) is 5.11 Å². The highest BCUT2D eigenvalue weighted by Gasteiger charge is 2.19.